The average Bonchev–Trinajstić information content (AvgIpc) is 2.52. The molecule has 0 bridgehead atoms. The standard InChI is InChI=1S/C18H34N2O2/c1-3-5-7-9-11-13-16(12-10-8-6-4-2)20-15-14-19-17(21)18(20)22/h16H,3-15H2,1-2H3,(H,19,21). The van der Waals surface area contributed by atoms with Crippen LogP contribution in [0.4, 0.5) is 0 Å². The van der Waals surface area contributed by atoms with E-state index in [9.17, 15) is 9.59 Å². The van der Waals surface area contributed by atoms with Gasteiger partial charge in [0.1, 0.15) is 0 Å². The summed E-state index contributed by atoms with van der Waals surface area (Å²) in [5.74, 6) is -0.740. The van der Waals surface area contributed by atoms with E-state index >= 15 is 0 Å². The maximum absolute atomic E-state index is 12.1. The van der Waals surface area contributed by atoms with E-state index in [-0.39, 0.29) is 11.9 Å². The van der Waals surface area contributed by atoms with Crippen LogP contribution in [0.1, 0.15) is 84.5 Å². The number of amides is 2. The highest BCUT2D eigenvalue weighted by molar-refractivity contribution is 6.35. The molecule has 0 aromatic carbocycles. The van der Waals surface area contributed by atoms with Gasteiger partial charge in [-0.15, -0.1) is 0 Å². The molecule has 1 atom stereocenters. The number of carbonyl (C=O) groups excluding carboxylic acids is 2. The minimum Gasteiger partial charge on any atom is -0.346 e. The van der Waals surface area contributed by atoms with Crippen molar-refractivity contribution in [3.05, 3.63) is 0 Å². The van der Waals surface area contributed by atoms with Crippen molar-refractivity contribution in [3.63, 3.8) is 0 Å². The third kappa shape index (κ3) is 6.80. The first kappa shape index (κ1) is 19.0. The lowest BCUT2D eigenvalue weighted by molar-refractivity contribution is -0.150. The number of piperazine rings is 1. The summed E-state index contributed by atoms with van der Waals surface area (Å²) in [6, 6.07) is 0.261. The second-order valence-electron chi connectivity index (χ2n) is 6.46. The number of rotatable bonds is 12. The van der Waals surface area contributed by atoms with Crippen LogP contribution in [0.15, 0.2) is 0 Å². The molecule has 1 rings (SSSR count). The topological polar surface area (TPSA) is 49.4 Å². The van der Waals surface area contributed by atoms with Gasteiger partial charge in [-0.2, -0.15) is 0 Å². The molecule has 4 nitrogen and oxygen atoms in total. The summed E-state index contributed by atoms with van der Waals surface area (Å²) in [4.78, 5) is 25.5. The molecule has 1 unspecified atom stereocenters. The van der Waals surface area contributed by atoms with Gasteiger partial charge in [-0.1, -0.05) is 71.6 Å². The second-order valence-corrected chi connectivity index (χ2v) is 6.46. The first-order chi connectivity index (χ1) is 10.7. The van der Waals surface area contributed by atoms with E-state index in [0.29, 0.717) is 13.1 Å². The number of nitrogens with one attached hydrogen (secondary N) is 1. The van der Waals surface area contributed by atoms with Gasteiger partial charge in [0.05, 0.1) is 0 Å². The molecular weight excluding hydrogens is 276 g/mol. The summed E-state index contributed by atoms with van der Waals surface area (Å²) in [6.07, 6.45) is 13.2. The lowest BCUT2D eigenvalue weighted by Gasteiger charge is -2.34. The molecular formula is C18H34N2O2. The van der Waals surface area contributed by atoms with Gasteiger partial charge in [-0.05, 0) is 12.8 Å². The van der Waals surface area contributed by atoms with Crippen molar-refractivity contribution in [2.24, 2.45) is 0 Å². The average molecular weight is 310 g/mol. The first-order valence-electron chi connectivity index (χ1n) is 9.29. The SMILES string of the molecule is CCCCCCCC(CCCCCC)N1CCNC(=O)C1=O. The van der Waals surface area contributed by atoms with Crippen LogP contribution >= 0.6 is 0 Å². The Balaban J connectivity index is 2.45. The first-order valence-corrected chi connectivity index (χ1v) is 9.29. The van der Waals surface area contributed by atoms with E-state index in [1.165, 1.54) is 57.8 Å². The Labute approximate surface area is 136 Å². The summed E-state index contributed by atoms with van der Waals surface area (Å²) in [7, 11) is 0. The van der Waals surface area contributed by atoms with Crippen LogP contribution < -0.4 is 5.32 Å². The number of unbranched alkanes of at least 4 members (excludes halogenated alkanes) is 7. The summed E-state index contributed by atoms with van der Waals surface area (Å²) >= 11 is 0. The minimum atomic E-state index is -0.421. The zero-order chi connectivity index (χ0) is 16.2. The van der Waals surface area contributed by atoms with Crippen LogP contribution in [0.3, 0.4) is 0 Å². The molecule has 0 aliphatic carbocycles. The largest absolute Gasteiger partial charge is 0.346 e. The molecule has 0 radical (unpaired) electrons. The Morgan fingerprint density at radius 1 is 0.909 bits per heavy atom. The van der Waals surface area contributed by atoms with E-state index in [1.54, 1.807) is 0 Å². The molecule has 2 amide bonds. The smallest absolute Gasteiger partial charge is 0.312 e. The normalized spacial score (nSPS) is 16.7. The highest BCUT2D eigenvalue weighted by Gasteiger charge is 2.31. The van der Waals surface area contributed by atoms with Gasteiger partial charge in [-0.25, -0.2) is 0 Å². The third-order valence-electron chi connectivity index (χ3n) is 4.57. The highest BCUT2D eigenvalue weighted by Crippen LogP contribution is 2.19. The summed E-state index contributed by atoms with van der Waals surface area (Å²) in [5, 5.41) is 2.65. The van der Waals surface area contributed by atoms with Crippen molar-refractivity contribution in [2.45, 2.75) is 90.5 Å². The van der Waals surface area contributed by atoms with Crippen LogP contribution in [0.5, 0.6) is 0 Å². The molecule has 1 saturated heterocycles. The molecule has 1 aliphatic heterocycles. The zero-order valence-corrected chi connectivity index (χ0v) is 14.5. The summed E-state index contributed by atoms with van der Waals surface area (Å²) < 4.78 is 0. The minimum absolute atomic E-state index is 0.261. The second kappa shape index (κ2) is 11.5. The summed E-state index contributed by atoms with van der Waals surface area (Å²) in [6.45, 7) is 5.72. The monoisotopic (exact) mass is 310 g/mol. The van der Waals surface area contributed by atoms with Gasteiger partial charge in [0.25, 0.3) is 0 Å². The number of nitrogens with zero attached hydrogens (tertiary/aromatic N) is 1. The third-order valence-corrected chi connectivity index (χ3v) is 4.57. The van der Waals surface area contributed by atoms with Gasteiger partial charge < -0.3 is 10.2 Å². The molecule has 128 valence electrons. The van der Waals surface area contributed by atoms with Crippen LogP contribution in [-0.4, -0.2) is 35.8 Å². The molecule has 0 aromatic rings. The van der Waals surface area contributed by atoms with Crippen LogP contribution in [0, 0.1) is 0 Å². The molecule has 1 heterocycles. The molecule has 1 fully saturated rings. The molecule has 1 aliphatic rings. The molecule has 22 heavy (non-hydrogen) atoms. The van der Waals surface area contributed by atoms with E-state index in [1.807, 2.05) is 4.90 Å². The fourth-order valence-electron chi connectivity index (χ4n) is 3.19. The van der Waals surface area contributed by atoms with E-state index in [2.05, 4.69) is 19.2 Å². The maximum atomic E-state index is 12.1. The van der Waals surface area contributed by atoms with Crippen molar-refractivity contribution >= 4 is 11.8 Å². The van der Waals surface area contributed by atoms with Gasteiger partial charge in [0.15, 0.2) is 0 Å². The van der Waals surface area contributed by atoms with Gasteiger partial charge in [0.2, 0.25) is 0 Å². The van der Waals surface area contributed by atoms with Crippen molar-refractivity contribution < 1.29 is 9.59 Å². The van der Waals surface area contributed by atoms with Crippen LogP contribution in [0.2, 0.25) is 0 Å². The fourth-order valence-corrected chi connectivity index (χ4v) is 3.19. The Morgan fingerprint density at radius 3 is 2.05 bits per heavy atom. The molecule has 0 aromatic heterocycles. The number of hydrogen-bond donors (Lipinski definition) is 1. The predicted molar refractivity (Wildman–Crippen MR) is 90.6 cm³/mol. The van der Waals surface area contributed by atoms with Crippen molar-refractivity contribution in [2.75, 3.05) is 13.1 Å². The zero-order valence-electron chi connectivity index (χ0n) is 14.5. The van der Waals surface area contributed by atoms with Gasteiger partial charge in [0, 0.05) is 19.1 Å². The van der Waals surface area contributed by atoms with Crippen LogP contribution in [-0.2, 0) is 9.59 Å². The quantitative estimate of drug-likeness (QED) is 0.442. The van der Waals surface area contributed by atoms with E-state index < -0.39 is 5.91 Å². The van der Waals surface area contributed by atoms with E-state index in [4.69, 9.17) is 0 Å². The van der Waals surface area contributed by atoms with Gasteiger partial charge in [-0.3, -0.25) is 9.59 Å². The van der Waals surface area contributed by atoms with Crippen molar-refractivity contribution in [1.29, 1.82) is 0 Å². The molecule has 0 saturated carbocycles. The number of hydrogen-bond acceptors (Lipinski definition) is 2. The van der Waals surface area contributed by atoms with Crippen molar-refractivity contribution in [3.8, 4) is 0 Å². The Kier molecular flexibility index (Phi) is 9.93. The van der Waals surface area contributed by atoms with Gasteiger partial charge >= 0.3 is 11.8 Å². The maximum Gasteiger partial charge on any atom is 0.312 e. The fraction of sp³-hybridized carbons (Fsp3) is 0.889. The Bertz CT molecular complexity index is 331. The molecule has 0 spiro atoms. The van der Waals surface area contributed by atoms with Crippen LogP contribution in [0.25, 0.3) is 0 Å². The lowest BCUT2D eigenvalue weighted by Crippen LogP contribution is -2.55. The van der Waals surface area contributed by atoms with E-state index in [0.717, 1.165) is 12.8 Å². The number of carbonyl (C=O) groups is 2. The Hall–Kier alpha value is -1.06. The van der Waals surface area contributed by atoms with Crippen molar-refractivity contribution in [1.82, 2.24) is 10.2 Å². The molecule has 4 heteroatoms. The summed E-state index contributed by atoms with van der Waals surface area (Å²) in [5.41, 5.74) is 0. The highest BCUT2D eigenvalue weighted by atomic mass is 16.2. The lowest BCUT2D eigenvalue weighted by atomic mass is 9.98. The Morgan fingerprint density at radius 2 is 1.45 bits per heavy atom. The molecule has 1 N–H and O–H groups in total. The predicted octanol–water partition coefficient (Wildman–Crippen LogP) is 3.64.